The van der Waals surface area contributed by atoms with E-state index in [-0.39, 0.29) is 12.4 Å². The molecule has 0 aliphatic carbocycles. The van der Waals surface area contributed by atoms with Crippen LogP contribution < -0.4 is 10.4 Å². The predicted octanol–water partition coefficient (Wildman–Crippen LogP) is 3.23. The lowest BCUT2D eigenvalue weighted by Crippen LogP contribution is -2.23. The summed E-state index contributed by atoms with van der Waals surface area (Å²) in [6.07, 6.45) is 0.0557. The van der Waals surface area contributed by atoms with Crippen molar-refractivity contribution in [2.24, 2.45) is 0 Å². The fourth-order valence-electron chi connectivity index (χ4n) is 2.16. The van der Waals surface area contributed by atoms with E-state index >= 15 is 0 Å². The number of rotatable bonds is 6. The van der Waals surface area contributed by atoms with Crippen LogP contribution in [0.25, 0.3) is 11.0 Å². The van der Waals surface area contributed by atoms with Crippen molar-refractivity contribution in [3.63, 3.8) is 0 Å². The molecule has 0 fully saturated rings. The second-order valence-corrected chi connectivity index (χ2v) is 12.3. The van der Waals surface area contributed by atoms with Crippen LogP contribution in [0, 0.1) is 0 Å². The molecule has 0 bridgehead atoms. The Morgan fingerprint density at radius 1 is 1.22 bits per heavy atom. The molecule has 0 spiro atoms. The standard InChI is InChI=1S/C17H22O5Si/c1-20-13-5-6-14-12(10-17(19)22-15(14)11-13)9-16(18)21-7-8-23(2,3)4/h5-6,10-11H,7-9H2,1-4H3. The fourth-order valence-corrected chi connectivity index (χ4v) is 2.88. The van der Waals surface area contributed by atoms with Gasteiger partial charge in [-0.3, -0.25) is 4.79 Å². The van der Waals surface area contributed by atoms with Gasteiger partial charge in [0, 0.05) is 25.6 Å². The molecule has 2 rings (SSSR count). The lowest BCUT2D eigenvalue weighted by Gasteiger charge is -2.15. The molecule has 2 aromatic rings. The SMILES string of the molecule is COc1ccc2c(CC(=O)OCC[Si](C)(C)C)cc(=O)oc2c1. The van der Waals surface area contributed by atoms with Crippen molar-refractivity contribution < 1.29 is 18.7 Å². The van der Waals surface area contributed by atoms with E-state index in [4.69, 9.17) is 13.9 Å². The predicted molar refractivity (Wildman–Crippen MR) is 91.9 cm³/mol. The quantitative estimate of drug-likeness (QED) is 0.461. The average Bonchev–Trinajstić information content (AvgIpc) is 2.44. The molecule has 0 saturated carbocycles. The van der Waals surface area contributed by atoms with E-state index < -0.39 is 13.7 Å². The molecule has 0 aliphatic rings. The second kappa shape index (κ2) is 7.00. The molecular formula is C17H22O5Si. The fraction of sp³-hybridized carbons (Fsp3) is 0.412. The van der Waals surface area contributed by atoms with Crippen molar-refractivity contribution >= 4 is 25.0 Å². The Balaban J connectivity index is 2.16. The van der Waals surface area contributed by atoms with Crippen LogP contribution in [0.2, 0.25) is 25.7 Å². The Labute approximate surface area is 136 Å². The Hall–Kier alpha value is -2.08. The molecule has 6 heteroatoms. The van der Waals surface area contributed by atoms with Gasteiger partial charge in [-0.1, -0.05) is 19.6 Å². The van der Waals surface area contributed by atoms with E-state index in [9.17, 15) is 9.59 Å². The van der Waals surface area contributed by atoms with Crippen LogP contribution in [0.4, 0.5) is 0 Å². The summed E-state index contributed by atoms with van der Waals surface area (Å²) in [5.41, 5.74) is 0.523. The summed E-state index contributed by atoms with van der Waals surface area (Å²) in [4.78, 5) is 23.7. The first-order valence-electron chi connectivity index (χ1n) is 7.55. The number of benzene rings is 1. The van der Waals surface area contributed by atoms with E-state index in [1.807, 2.05) is 0 Å². The Bertz CT molecular complexity index is 758. The highest BCUT2D eigenvalue weighted by Gasteiger charge is 2.15. The smallest absolute Gasteiger partial charge is 0.336 e. The zero-order valence-corrected chi connectivity index (χ0v) is 15.0. The summed E-state index contributed by atoms with van der Waals surface area (Å²) in [6.45, 7) is 7.11. The maximum Gasteiger partial charge on any atom is 0.336 e. The molecule has 1 aromatic heterocycles. The number of fused-ring (bicyclic) bond motifs is 1. The maximum absolute atomic E-state index is 12.0. The van der Waals surface area contributed by atoms with E-state index in [1.54, 1.807) is 25.3 Å². The molecule has 0 amide bonds. The maximum atomic E-state index is 12.0. The van der Waals surface area contributed by atoms with Crippen LogP contribution in [-0.4, -0.2) is 27.8 Å². The third kappa shape index (κ3) is 4.96. The zero-order chi connectivity index (χ0) is 17.0. The number of carbonyl (C=O) groups excluding carboxylic acids is 1. The Morgan fingerprint density at radius 2 is 1.96 bits per heavy atom. The van der Waals surface area contributed by atoms with Gasteiger partial charge in [-0.2, -0.15) is 0 Å². The molecule has 1 heterocycles. The molecule has 0 unspecified atom stereocenters. The average molecular weight is 334 g/mol. The zero-order valence-electron chi connectivity index (χ0n) is 14.0. The highest BCUT2D eigenvalue weighted by molar-refractivity contribution is 6.76. The van der Waals surface area contributed by atoms with Gasteiger partial charge in [-0.15, -0.1) is 0 Å². The van der Waals surface area contributed by atoms with Crippen molar-refractivity contribution in [2.75, 3.05) is 13.7 Å². The summed E-state index contributed by atoms with van der Waals surface area (Å²) in [7, 11) is 0.305. The van der Waals surface area contributed by atoms with E-state index in [0.717, 1.165) is 6.04 Å². The minimum atomic E-state index is -1.24. The van der Waals surface area contributed by atoms with Gasteiger partial charge >= 0.3 is 11.6 Å². The molecular weight excluding hydrogens is 312 g/mol. The highest BCUT2D eigenvalue weighted by Crippen LogP contribution is 2.23. The summed E-state index contributed by atoms with van der Waals surface area (Å²) >= 11 is 0. The first-order chi connectivity index (χ1) is 10.8. The van der Waals surface area contributed by atoms with Gasteiger partial charge in [-0.25, -0.2) is 4.79 Å². The van der Waals surface area contributed by atoms with Gasteiger partial charge in [0.25, 0.3) is 0 Å². The highest BCUT2D eigenvalue weighted by atomic mass is 28.3. The lowest BCUT2D eigenvalue weighted by molar-refractivity contribution is -0.142. The van der Waals surface area contributed by atoms with E-state index in [1.165, 1.54) is 6.07 Å². The number of carbonyl (C=O) groups is 1. The molecule has 23 heavy (non-hydrogen) atoms. The van der Waals surface area contributed by atoms with E-state index in [0.29, 0.717) is 28.9 Å². The normalized spacial score (nSPS) is 11.5. The van der Waals surface area contributed by atoms with Crippen molar-refractivity contribution in [3.05, 3.63) is 40.2 Å². The molecule has 5 nitrogen and oxygen atoms in total. The first-order valence-corrected chi connectivity index (χ1v) is 11.3. The minimum Gasteiger partial charge on any atom is -0.497 e. The summed E-state index contributed by atoms with van der Waals surface area (Å²) < 4.78 is 15.6. The lowest BCUT2D eigenvalue weighted by atomic mass is 10.1. The molecule has 124 valence electrons. The minimum absolute atomic E-state index is 0.0557. The van der Waals surface area contributed by atoms with Crippen LogP contribution >= 0.6 is 0 Å². The Morgan fingerprint density at radius 3 is 2.61 bits per heavy atom. The van der Waals surface area contributed by atoms with Crippen molar-refractivity contribution in [2.45, 2.75) is 32.1 Å². The topological polar surface area (TPSA) is 65.7 Å². The molecule has 0 atom stereocenters. The van der Waals surface area contributed by atoms with Gasteiger partial charge in [-0.05, 0) is 23.7 Å². The second-order valence-electron chi connectivity index (χ2n) is 6.66. The van der Waals surface area contributed by atoms with Gasteiger partial charge < -0.3 is 13.9 Å². The van der Waals surface area contributed by atoms with Crippen LogP contribution in [-0.2, 0) is 16.0 Å². The summed E-state index contributed by atoms with van der Waals surface area (Å²) in [5, 5.41) is 0.715. The monoisotopic (exact) mass is 334 g/mol. The van der Waals surface area contributed by atoms with Crippen LogP contribution in [0.15, 0.2) is 33.5 Å². The van der Waals surface area contributed by atoms with Gasteiger partial charge in [0.05, 0.1) is 20.1 Å². The molecule has 0 radical (unpaired) electrons. The molecule has 1 aromatic carbocycles. The number of esters is 1. The molecule has 0 N–H and O–H groups in total. The van der Waals surface area contributed by atoms with Crippen molar-refractivity contribution in [1.82, 2.24) is 0 Å². The van der Waals surface area contributed by atoms with Gasteiger partial charge in [0.1, 0.15) is 11.3 Å². The number of methoxy groups -OCH3 is 1. The first kappa shape index (κ1) is 17.3. The van der Waals surface area contributed by atoms with Crippen LogP contribution in [0.3, 0.4) is 0 Å². The third-order valence-electron chi connectivity index (χ3n) is 3.49. The van der Waals surface area contributed by atoms with Crippen molar-refractivity contribution in [1.29, 1.82) is 0 Å². The number of ether oxygens (including phenoxy) is 2. The molecule has 0 aliphatic heterocycles. The van der Waals surface area contributed by atoms with Crippen LogP contribution in [0.5, 0.6) is 5.75 Å². The van der Waals surface area contributed by atoms with Gasteiger partial charge in [0.15, 0.2) is 0 Å². The number of hydrogen-bond donors (Lipinski definition) is 0. The largest absolute Gasteiger partial charge is 0.497 e. The van der Waals surface area contributed by atoms with E-state index in [2.05, 4.69) is 19.6 Å². The summed E-state index contributed by atoms with van der Waals surface area (Å²) in [6, 6.07) is 7.45. The van der Waals surface area contributed by atoms with Gasteiger partial charge in [0.2, 0.25) is 0 Å². The summed E-state index contributed by atoms with van der Waals surface area (Å²) in [5.74, 6) is 0.265. The van der Waals surface area contributed by atoms with Crippen molar-refractivity contribution in [3.8, 4) is 5.75 Å². The Kier molecular flexibility index (Phi) is 5.25. The molecule has 0 saturated heterocycles. The van der Waals surface area contributed by atoms with Crippen LogP contribution in [0.1, 0.15) is 5.56 Å². The number of hydrogen-bond acceptors (Lipinski definition) is 5. The third-order valence-corrected chi connectivity index (χ3v) is 5.19.